The molecule has 1 saturated carbocycles. The lowest BCUT2D eigenvalue weighted by molar-refractivity contribution is 0.0680. The van der Waals surface area contributed by atoms with Gasteiger partial charge in [0.25, 0.3) is 0 Å². The fourth-order valence-electron chi connectivity index (χ4n) is 3.74. The molecule has 0 aliphatic heterocycles. The smallest absolute Gasteiger partial charge is 0.0253 e. The minimum Gasteiger partial charge on any atom is -0.0959 e. The predicted molar refractivity (Wildman–Crippen MR) is 73.5 cm³/mol. The summed E-state index contributed by atoms with van der Waals surface area (Å²) in [5.41, 5.74) is 3.38. The summed E-state index contributed by atoms with van der Waals surface area (Å²) >= 11 is 0. The van der Waals surface area contributed by atoms with Crippen LogP contribution in [0.4, 0.5) is 0 Å². The van der Waals surface area contributed by atoms with Crippen LogP contribution >= 0.6 is 0 Å². The van der Waals surface area contributed by atoms with Crippen LogP contribution < -0.4 is 0 Å². The Morgan fingerprint density at radius 3 is 1.88 bits per heavy atom. The lowest BCUT2D eigenvalue weighted by Gasteiger charge is -2.45. The molecule has 0 nitrogen and oxygen atoms in total. The summed E-state index contributed by atoms with van der Waals surface area (Å²) in [5, 5.41) is 0. The second kappa shape index (κ2) is 4.39. The van der Waals surface area contributed by atoms with Gasteiger partial charge in [0.1, 0.15) is 0 Å². The molecule has 0 unspecified atom stereocenters. The largest absolute Gasteiger partial charge is 0.0959 e. The first kappa shape index (κ1) is 13.5. The van der Waals surface area contributed by atoms with Crippen LogP contribution in [0.2, 0.25) is 0 Å². The summed E-state index contributed by atoms with van der Waals surface area (Å²) in [6, 6.07) is 0. The van der Waals surface area contributed by atoms with Crippen LogP contribution in [0.25, 0.3) is 0 Å². The minimum absolute atomic E-state index is 0.488. The summed E-state index contributed by atoms with van der Waals surface area (Å²) in [6.45, 7) is 19.8. The molecule has 0 aromatic rings. The van der Waals surface area contributed by atoms with Gasteiger partial charge in [-0.3, -0.25) is 0 Å². The van der Waals surface area contributed by atoms with E-state index in [4.69, 9.17) is 0 Å². The average molecular weight is 220 g/mol. The summed E-state index contributed by atoms with van der Waals surface area (Å²) in [5.74, 6) is 0.794. The normalized spacial score (nSPS) is 24.1. The lowest BCUT2D eigenvalue weighted by atomic mass is 9.60. The van der Waals surface area contributed by atoms with Crippen molar-refractivity contribution in [3.8, 4) is 0 Å². The van der Waals surface area contributed by atoms with Crippen molar-refractivity contribution in [3.63, 3.8) is 0 Å². The van der Waals surface area contributed by atoms with E-state index in [-0.39, 0.29) is 0 Å². The van der Waals surface area contributed by atoms with Crippen molar-refractivity contribution in [2.24, 2.45) is 16.7 Å². The monoisotopic (exact) mass is 220 g/mol. The fourth-order valence-corrected chi connectivity index (χ4v) is 3.74. The molecular weight excluding hydrogens is 192 g/mol. The Bertz CT molecular complexity index is 275. The van der Waals surface area contributed by atoms with Crippen LogP contribution in [0.1, 0.15) is 60.3 Å². The van der Waals surface area contributed by atoms with Gasteiger partial charge in [-0.2, -0.15) is 0 Å². The van der Waals surface area contributed by atoms with E-state index in [0.717, 1.165) is 17.9 Å². The molecule has 0 atom stereocenters. The van der Waals surface area contributed by atoms with E-state index >= 15 is 0 Å². The van der Waals surface area contributed by atoms with Gasteiger partial charge in [-0.1, -0.05) is 52.0 Å². The summed E-state index contributed by atoms with van der Waals surface area (Å²) in [4.78, 5) is 0. The predicted octanol–water partition coefficient (Wildman–Crippen LogP) is 5.36. The van der Waals surface area contributed by atoms with Crippen molar-refractivity contribution in [1.82, 2.24) is 0 Å². The van der Waals surface area contributed by atoms with Gasteiger partial charge in [0.05, 0.1) is 0 Å². The molecule has 1 aliphatic carbocycles. The molecule has 0 heterocycles. The lowest BCUT2D eigenvalue weighted by Crippen LogP contribution is -2.34. The molecule has 0 aromatic heterocycles. The van der Waals surface area contributed by atoms with Crippen molar-refractivity contribution in [2.75, 3.05) is 0 Å². The van der Waals surface area contributed by atoms with Crippen LogP contribution in [0.5, 0.6) is 0 Å². The molecule has 92 valence electrons. The maximum atomic E-state index is 4.14. The number of rotatable bonds is 3. The number of hydrogen-bond donors (Lipinski definition) is 0. The molecule has 1 fully saturated rings. The first-order chi connectivity index (χ1) is 7.11. The Balaban J connectivity index is 2.68. The average Bonchev–Trinajstić information content (AvgIpc) is 1.96. The molecule has 16 heavy (non-hydrogen) atoms. The number of hydrogen-bond acceptors (Lipinski definition) is 0. The third-order valence-corrected chi connectivity index (χ3v) is 3.78. The fraction of sp³-hybridized carbons (Fsp3) is 0.750. The summed E-state index contributed by atoms with van der Waals surface area (Å²) in [6.07, 6.45) is 5.16. The second-order valence-electron chi connectivity index (χ2n) is 7.37. The Hall–Kier alpha value is -0.520. The van der Waals surface area contributed by atoms with Gasteiger partial charge in [-0.15, -0.1) is 0 Å². The SMILES string of the molecule is C=C(C)C(=C)CC1CC(C)(C)CC(C)(C)C1. The minimum atomic E-state index is 0.488. The van der Waals surface area contributed by atoms with E-state index in [0.29, 0.717) is 10.8 Å². The van der Waals surface area contributed by atoms with Crippen LogP contribution in [-0.4, -0.2) is 0 Å². The second-order valence-corrected chi connectivity index (χ2v) is 7.37. The van der Waals surface area contributed by atoms with Gasteiger partial charge in [-0.05, 0) is 49.4 Å². The first-order valence-corrected chi connectivity index (χ1v) is 6.45. The molecule has 0 radical (unpaired) electrons. The topological polar surface area (TPSA) is 0 Å². The van der Waals surface area contributed by atoms with Crippen molar-refractivity contribution in [1.29, 1.82) is 0 Å². The molecular formula is C16H28. The Labute approximate surface area is 102 Å². The Morgan fingerprint density at radius 1 is 1.06 bits per heavy atom. The van der Waals surface area contributed by atoms with Crippen molar-refractivity contribution >= 4 is 0 Å². The molecule has 0 aromatic carbocycles. The zero-order valence-corrected chi connectivity index (χ0v) is 11.8. The van der Waals surface area contributed by atoms with E-state index in [1.807, 2.05) is 0 Å². The maximum Gasteiger partial charge on any atom is -0.0253 e. The zero-order chi connectivity index (χ0) is 12.6. The van der Waals surface area contributed by atoms with Gasteiger partial charge >= 0.3 is 0 Å². The van der Waals surface area contributed by atoms with E-state index in [2.05, 4.69) is 47.8 Å². The van der Waals surface area contributed by atoms with Crippen molar-refractivity contribution in [3.05, 3.63) is 24.3 Å². The van der Waals surface area contributed by atoms with Crippen LogP contribution in [0, 0.1) is 16.7 Å². The van der Waals surface area contributed by atoms with Crippen LogP contribution in [0.3, 0.4) is 0 Å². The van der Waals surface area contributed by atoms with Gasteiger partial charge in [-0.25, -0.2) is 0 Å². The Kier molecular flexibility index (Phi) is 3.72. The molecule has 0 amide bonds. The summed E-state index contributed by atoms with van der Waals surface area (Å²) in [7, 11) is 0. The zero-order valence-electron chi connectivity index (χ0n) is 11.8. The van der Waals surface area contributed by atoms with E-state index < -0.39 is 0 Å². The highest BCUT2D eigenvalue weighted by atomic mass is 14.4. The molecule has 0 heteroatoms. The van der Waals surface area contributed by atoms with E-state index in [9.17, 15) is 0 Å². The third-order valence-electron chi connectivity index (χ3n) is 3.78. The molecule has 1 rings (SSSR count). The van der Waals surface area contributed by atoms with Crippen molar-refractivity contribution in [2.45, 2.75) is 60.3 Å². The highest BCUT2D eigenvalue weighted by Gasteiger charge is 2.38. The first-order valence-electron chi connectivity index (χ1n) is 6.45. The molecule has 1 aliphatic rings. The highest BCUT2D eigenvalue weighted by Crippen LogP contribution is 2.49. The molecule has 0 N–H and O–H groups in total. The van der Waals surface area contributed by atoms with Crippen LogP contribution in [-0.2, 0) is 0 Å². The van der Waals surface area contributed by atoms with E-state index in [1.54, 1.807) is 0 Å². The maximum absolute atomic E-state index is 4.14. The Morgan fingerprint density at radius 2 is 1.50 bits per heavy atom. The molecule has 0 bridgehead atoms. The number of allylic oxidation sites excluding steroid dienone is 2. The van der Waals surface area contributed by atoms with Gasteiger partial charge in [0.2, 0.25) is 0 Å². The highest BCUT2D eigenvalue weighted by molar-refractivity contribution is 5.23. The van der Waals surface area contributed by atoms with E-state index in [1.165, 1.54) is 24.8 Å². The van der Waals surface area contributed by atoms with Gasteiger partial charge < -0.3 is 0 Å². The van der Waals surface area contributed by atoms with Crippen LogP contribution in [0.15, 0.2) is 24.3 Å². The molecule has 0 spiro atoms. The van der Waals surface area contributed by atoms with Crippen molar-refractivity contribution < 1.29 is 0 Å². The standard InChI is InChI=1S/C16H28/c1-12(2)13(3)8-14-9-15(4,5)11-16(6,7)10-14/h14H,1,3,8-11H2,2,4-7H3. The summed E-state index contributed by atoms with van der Waals surface area (Å²) < 4.78 is 0. The molecule has 0 saturated heterocycles. The third kappa shape index (κ3) is 3.81. The quantitative estimate of drug-likeness (QED) is 0.562. The van der Waals surface area contributed by atoms with Gasteiger partial charge in [0.15, 0.2) is 0 Å². The van der Waals surface area contributed by atoms with Gasteiger partial charge in [0, 0.05) is 0 Å².